The smallest absolute Gasteiger partial charge is 0.231 e. The molecule has 0 aromatic heterocycles. The van der Waals surface area contributed by atoms with E-state index >= 15 is 0 Å². The molecule has 1 amide bonds. The third kappa shape index (κ3) is 3.86. The van der Waals surface area contributed by atoms with Gasteiger partial charge < -0.3 is 10.5 Å². The van der Waals surface area contributed by atoms with Crippen molar-refractivity contribution in [2.24, 2.45) is 5.73 Å². The van der Waals surface area contributed by atoms with E-state index in [1.807, 2.05) is 24.1 Å². The normalized spacial score (nSPS) is 24.8. The SMILES string of the molecule is CN(CC(N)=O)CC1CN(C2CCc3c(Cl)cccc32)CCO1. The summed E-state index contributed by atoms with van der Waals surface area (Å²) in [7, 11) is 1.90. The van der Waals surface area contributed by atoms with Crippen LogP contribution in [0.1, 0.15) is 23.6 Å². The summed E-state index contributed by atoms with van der Waals surface area (Å²) in [5, 5.41) is 0.885. The van der Waals surface area contributed by atoms with Crippen LogP contribution in [0.4, 0.5) is 0 Å². The highest BCUT2D eigenvalue weighted by Crippen LogP contribution is 2.39. The predicted molar refractivity (Wildman–Crippen MR) is 90.5 cm³/mol. The van der Waals surface area contributed by atoms with E-state index in [2.05, 4.69) is 11.0 Å². The molecule has 0 spiro atoms. The molecular weight excluding hydrogens is 314 g/mol. The number of benzene rings is 1. The zero-order valence-corrected chi connectivity index (χ0v) is 14.3. The van der Waals surface area contributed by atoms with Gasteiger partial charge in [0.15, 0.2) is 0 Å². The standard InChI is InChI=1S/C17H24ClN3O2/c1-20(11-17(19)22)9-12-10-21(7-8-23-12)16-6-5-13-14(16)3-2-4-15(13)18/h2-4,12,16H,5-11H2,1H3,(H2,19,22). The highest BCUT2D eigenvalue weighted by atomic mass is 35.5. The van der Waals surface area contributed by atoms with E-state index < -0.39 is 0 Å². The highest BCUT2D eigenvalue weighted by Gasteiger charge is 2.32. The van der Waals surface area contributed by atoms with E-state index in [1.165, 1.54) is 11.1 Å². The maximum atomic E-state index is 11.0. The van der Waals surface area contributed by atoms with Gasteiger partial charge in [-0.2, -0.15) is 0 Å². The second kappa shape index (κ2) is 7.18. The molecule has 23 heavy (non-hydrogen) atoms. The summed E-state index contributed by atoms with van der Waals surface area (Å²) in [4.78, 5) is 15.4. The summed E-state index contributed by atoms with van der Waals surface area (Å²) < 4.78 is 5.87. The van der Waals surface area contributed by atoms with E-state index in [-0.39, 0.29) is 18.6 Å². The molecular formula is C17H24ClN3O2. The fraction of sp³-hybridized carbons (Fsp3) is 0.588. The van der Waals surface area contributed by atoms with E-state index in [9.17, 15) is 4.79 Å². The molecule has 2 N–H and O–H groups in total. The van der Waals surface area contributed by atoms with Crippen LogP contribution in [0, 0.1) is 0 Å². The zero-order valence-electron chi connectivity index (χ0n) is 13.5. The Bertz CT molecular complexity index is 581. The van der Waals surface area contributed by atoms with Crippen molar-refractivity contribution in [2.45, 2.75) is 25.0 Å². The number of carbonyl (C=O) groups excluding carboxylic acids is 1. The topological polar surface area (TPSA) is 58.8 Å². The van der Waals surface area contributed by atoms with Gasteiger partial charge in [0.2, 0.25) is 5.91 Å². The number of rotatable bonds is 5. The van der Waals surface area contributed by atoms with Gasteiger partial charge in [-0.25, -0.2) is 0 Å². The lowest BCUT2D eigenvalue weighted by molar-refractivity contribution is -0.119. The Morgan fingerprint density at radius 2 is 2.35 bits per heavy atom. The first-order valence-corrected chi connectivity index (χ1v) is 8.52. The van der Waals surface area contributed by atoms with Crippen molar-refractivity contribution in [1.29, 1.82) is 0 Å². The first kappa shape index (κ1) is 16.7. The van der Waals surface area contributed by atoms with Crippen LogP contribution in [0.3, 0.4) is 0 Å². The Hall–Kier alpha value is -1.14. The summed E-state index contributed by atoms with van der Waals surface area (Å²) in [6.45, 7) is 3.52. The first-order valence-electron chi connectivity index (χ1n) is 8.14. The van der Waals surface area contributed by atoms with Gasteiger partial charge in [-0.1, -0.05) is 23.7 Å². The molecule has 1 aromatic carbocycles. The number of likely N-dealkylation sites (N-methyl/N-ethyl adjacent to an activating group) is 1. The average Bonchev–Trinajstić information content (AvgIpc) is 2.92. The number of morpholine rings is 1. The van der Waals surface area contributed by atoms with Gasteiger partial charge in [-0.05, 0) is 37.1 Å². The fourth-order valence-electron chi connectivity index (χ4n) is 3.78. The second-order valence-corrected chi connectivity index (χ2v) is 6.92. The van der Waals surface area contributed by atoms with Gasteiger partial charge in [-0.3, -0.25) is 14.6 Å². The molecule has 3 rings (SSSR count). The number of primary amides is 1. The van der Waals surface area contributed by atoms with Crippen molar-refractivity contribution in [1.82, 2.24) is 9.80 Å². The number of nitrogens with two attached hydrogens (primary N) is 1. The van der Waals surface area contributed by atoms with Crippen LogP contribution in [-0.2, 0) is 16.0 Å². The summed E-state index contributed by atoms with van der Waals surface area (Å²) in [6, 6.07) is 6.64. The largest absolute Gasteiger partial charge is 0.374 e. The van der Waals surface area contributed by atoms with E-state index in [1.54, 1.807) is 0 Å². The van der Waals surface area contributed by atoms with Crippen molar-refractivity contribution in [2.75, 3.05) is 39.8 Å². The lowest BCUT2D eigenvalue weighted by atomic mass is 10.1. The van der Waals surface area contributed by atoms with Crippen molar-refractivity contribution in [3.8, 4) is 0 Å². The molecule has 1 aliphatic carbocycles. The molecule has 1 aromatic rings. The minimum absolute atomic E-state index is 0.108. The van der Waals surface area contributed by atoms with Crippen LogP contribution in [0.25, 0.3) is 0 Å². The van der Waals surface area contributed by atoms with E-state index in [0.717, 1.165) is 37.6 Å². The minimum atomic E-state index is -0.306. The molecule has 126 valence electrons. The minimum Gasteiger partial charge on any atom is -0.374 e. The quantitative estimate of drug-likeness (QED) is 0.883. The summed E-state index contributed by atoms with van der Waals surface area (Å²) >= 11 is 6.33. The second-order valence-electron chi connectivity index (χ2n) is 6.51. The van der Waals surface area contributed by atoms with Crippen LogP contribution in [-0.4, -0.2) is 61.6 Å². The lowest BCUT2D eigenvalue weighted by Crippen LogP contribution is -2.48. The third-order valence-electron chi connectivity index (χ3n) is 4.73. The Kier molecular flexibility index (Phi) is 5.21. The number of amides is 1. The van der Waals surface area contributed by atoms with Gasteiger partial charge in [0.05, 0.1) is 19.3 Å². The number of halogens is 1. The summed E-state index contributed by atoms with van der Waals surface area (Å²) in [6.07, 6.45) is 2.27. The van der Waals surface area contributed by atoms with Crippen LogP contribution in [0.15, 0.2) is 18.2 Å². The summed E-state index contributed by atoms with van der Waals surface area (Å²) in [5.41, 5.74) is 7.91. The number of carbonyl (C=O) groups is 1. The molecule has 2 aliphatic rings. The highest BCUT2D eigenvalue weighted by molar-refractivity contribution is 6.31. The monoisotopic (exact) mass is 337 g/mol. The fourth-order valence-corrected chi connectivity index (χ4v) is 4.06. The maximum Gasteiger partial charge on any atom is 0.231 e. The first-order chi connectivity index (χ1) is 11.0. The van der Waals surface area contributed by atoms with Gasteiger partial charge >= 0.3 is 0 Å². The molecule has 6 heteroatoms. The average molecular weight is 338 g/mol. The van der Waals surface area contributed by atoms with Crippen LogP contribution in [0.5, 0.6) is 0 Å². The molecule has 1 heterocycles. The van der Waals surface area contributed by atoms with Gasteiger partial charge in [0.1, 0.15) is 0 Å². The van der Waals surface area contributed by atoms with Crippen LogP contribution >= 0.6 is 11.6 Å². The van der Waals surface area contributed by atoms with Crippen LogP contribution < -0.4 is 5.73 Å². The summed E-state index contributed by atoms with van der Waals surface area (Å²) in [5.74, 6) is -0.306. The van der Waals surface area contributed by atoms with Crippen LogP contribution in [0.2, 0.25) is 5.02 Å². The number of ether oxygens (including phenoxy) is 1. The molecule has 1 saturated heterocycles. The zero-order chi connectivity index (χ0) is 16.4. The van der Waals surface area contributed by atoms with E-state index in [0.29, 0.717) is 12.6 Å². The van der Waals surface area contributed by atoms with Crippen molar-refractivity contribution >= 4 is 17.5 Å². The molecule has 1 aliphatic heterocycles. The van der Waals surface area contributed by atoms with Gasteiger partial charge in [-0.15, -0.1) is 0 Å². The number of fused-ring (bicyclic) bond motifs is 1. The van der Waals surface area contributed by atoms with Gasteiger partial charge in [0, 0.05) is 30.7 Å². The Morgan fingerprint density at radius 3 is 3.13 bits per heavy atom. The molecule has 0 radical (unpaired) electrons. The van der Waals surface area contributed by atoms with E-state index in [4.69, 9.17) is 22.1 Å². The van der Waals surface area contributed by atoms with Gasteiger partial charge in [0.25, 0.3) is 0 Å². The Morgan fingerprint density at radius 1 is 1.52 bits per heavy atom. The predicted octanol–water partition coefficient (Wildman–Crippen LogP) is 1.45. The van der Waals surface area contributed by atoms with Crippen molar-refractivity contribution < 1.29 is 9.53 Å². The number of nitrogens with zero attached hydrogens (tertiary/aromatic N) is 2. The number of hydrogen-bond donors (Lipinski definition) is 1. The van der Waals surface area contributed by atoms with Crippen molar-refractivity contribution in [3.63, 3.8) is 0 Å². The third-order valence-corrected chi connectivity index (χ3v) is 5.09. The molecule has 5 nitrogen and oxygen atoms in total. The Labute approximate surface area is 142 Å². The molecule has 2 unspecified atom stereocenters. The number of hydrogen-bond acceptors (Lipinski definition) is 4. The molecule has 0 bridgehead atoms. The van der Waals surface area contributed by atoms with Crippen molar-refractivity contribution in [3.05, 3.63) is 34.3 Å². The lowest BCUT2D eigenvalue weighted by Gasteiger charge is -2.38. The molecule has 1 fully saturated rings. The molecule has 2 atom stereocenters. The molecule has 0 saturated carbocycles. The Balaban J connectivity index is 1.64. The maximum absolute atomic E-state index is 11.0.